The highest BCUT2D eigenvalue weighted by atomic mass is 16.5. The minimum Gasteiger partial charge on any atom is -0.381 e. The quantitative estimate of drug-likeness (QED) is 0.555. The summed E-state index contributed by atoms with van der Waals surface area (Å²) in [6.07, 6.45) is 3.14. The van der Waals surface area contributed by atoms with E-state index in [9.17, 15) is 0 Å². The average molecular weight is 397 g/mol. The molecule has 1 aliphatic heterocycles. The van der Waals surface area contributed by atoms with Crippen molar-refractivity contribution in [1.29, 1.82) is 0 Å². The summed E-state index contributed by atoms with van der Waals surface area (Å²) in [5.41, 5.74) is 7.48. The molecule has 1 aliphatic rings. The lowest BCUT2D eigenvalue weighted by Crippen LogP contribution is -2.26. The molecule has 158 valence electrons. The molecule has 2 aromatic rings. The van der Waals surface area contributed by atoms with Gasteiger partial charge in [-0.05, 0) is 65.0 Å². The van der Waals surface area contributed by atoms with Gasteiger partial charge >= 0.3 is 0 Å². The van der Waals surface area contributed by atoms with Crippen LogP contribution in [0.4, 0.5) is 17.5 Å². The Kier molecular flexibility index (Phi) is 7.12. The van der Waals surface area contributed by atoms with Gasteiger partial charge in [0.25, 0.3) is 0 Å². The van der Waals surface area contributed by atoms with Crippen molar-refractivity contribution in [2.45, 2.75) is 60.8 Å². The van der Waals surface area contributed by atoms with Crippen molar-refractivity contribution in [3.05, 3.63) is 40.1 Å². The molecule has 2 heterocycles. The minimum absolute atomic E-state index is 0.813. The summed E-state index contributed by atoms with van der Waals surface area (Å²) < 4.78 is 5.66. The van der Waals surface area contributed by atoms with Gasteiger partial charge in [0.1, 0.15) is 5.82 Å². The van der Waals surface area contributed by atoms with Crippen LogP contribution in [0.3, 0.4) is 0 Å². The van der Waals surface area contributed by atoms with Crippen LogP contribution in [0, 0.1) is 27.7 Å². The van der Waals surface area contributed by atoms with Crippen molar-refractivity contribution in [3.63, 3.8) is 0 Å². The molecule has 0 fully saturated rings. The van der Waals surface area contributed by atoms with Gasteiger partial charge in [0.2, 0.25) is 5.95 Å². The summed E-state index contributed by atoms with van der Waals surface area (Å²) in [5.74, 6) is 1.93. The number of rotatable bonds is 9. The Morgan fingerprint density at radius 1 is 1.03 bits per heavy atom. The third kappa shape index (κ3) is 4.72. The van der Waals surface area contributed by atoms with Gasteiger partial charge in [-0.1, -0.05) is 24.6 Å². The van der Waals surface area contributed by atoms with Crippen LogP contribution in [-0.2, 0) is 11.2 Å². The van der Waals surface area contributed by atoms with E-state index in [0.29, 0.717) is 0 Å². The fraction of sp³-hybridized carbons (Fsp3) is 0.583. The van der Waals surface area contributed by atoms with Crippen LogP contribution < -0.4 is 9.80 Å². The van der Waals surface area contributed by atoms with Gasteiger partial charge < -0.3 is 14.5 Å². The summed E-state index contributed by atoms with van der Waals surface area (Å²) in [4.78, 5) is 14.6. The van der Waals surface area contributed by atoms with Gasteiger partial charge in [-0.2, -0.15) is 4.98 Å². The molecular formula is C24H36N4O. The maximum absolute atomic E-state index is 5.66. The van der Waals surface area contributed by atoms with E-state index in [-0.39, 0.29) is 0 Å². The van der Waals surface area contributed by atoms with Crippen LogP contribution in [0.1, 0.15) is 54.6 Å². The molecule has 0 unspecified atom stereocenters. The van der Waals surface area contributed by atoms with E-state index in [2.05, 4.69) is 63.5 Å². The first-order valence-electron chi connectivity index (χ1n) is 11.0. The number of anilines is 3. The van der Waals surface area contributed by atoms with Crippen LogP contribution in [0.15, 0.2) is 12.1 Å². The fourth-order valence-corrected chi connectivity index (χ4v) is 4.41. The molecule has 3 rings (SSSR count). The molecule has 0 bridgehead atoms. The molecule has 0 radical (unpaired) electrons. The van der Waals surface area contributed by atoms with E-state index >= 15 is 0 Å². The second-order valence-electron chi connectivity index (χ2n) is 8.11. The van der Waals surface area contributed by atoms with Crippen LogP contribution in [-0.4, -0.2) is 42.8 Å². The lowest BCUT2D eigenvalue weighted by Gasteiger charge is -2.27. The van der Waals surface area contributed by atoms with E-state index in [4.69, 9.17) is 14.7 Å². The van der Waals surface area contributed by atoms with Crippen LogP contribution >= 0.6 is 0 Å². The summed E-state index contributed by atoms with van der Waals surface area (Å²) in [6, 6.07) is 4.49. The lowest BCUT2D eigenvalue weighted by molar-refractivity contribution is 0.133. The summed E-state index contributed by atoms with van der Waals surface area (Å²) in [6.45, 7) is 17.5. The molecule has 0 aliphatic carbocycles. The van der Waals surface area contributed by atoms with Crippen molar-refractivity contribution < 1.29 is 4.74 Å². The molecule has 0 N–H and O–H groups in total. The van der Waals surface area contributed by atoms with Gasteiger partial charge in [0, 0.05) is 49.8 Å². The topological polar surface area (TPSA) is 41.5 Å². The number of fused-ring (bicyclic) bond motifs is 1. The number of nitrogens with zero attached hydrogens (tertiary/aromatic N) is 4. The smallest absolute Gasteiger partial charge is 0.232 e. The Morgan fingerprint density at radius 2 is 1.76 bits per heavy atom. The highest BCUT2D eigenvalue weighted by Crippen LogP contribution is 2.34. The highest BCUT2D eigenvalue weighted by molar-refractivity contribution is 5.68. The van der Waals surface area contributed by atoms with E-state index < -0.39 is 0 Å². The van der Waals surface area contributed by atoms with Crippen LogP contribution in [0.5, 0.6) is 0 Å². The van der Waals surface area contributed by atoms with E-state index in [1.54, 1.807) is 0 Å². The van der Waals surface area contributed by atoms with E-state index in [1.807, 2.05) is 0 Å². The second-order valence-corrected chi connectivity index (χ2v) is 8.11. The first kappa shape index (κ1) is 21.6. The molecular weight excluding hydrogens is 360 g/mol. The van der Waals surface area contributed by atoms with Crippen LogP contribution in [0.2, 0.25) is 0 Å². The monoisotopic (exact) mass is 396 g/mol. The Morgan fingerprint density at radius 3 is 2.41 bits per heavy atom. The maximum atomic E-state index is 5.66. The third-order valence-electron chi connectivity index (χ3n) is 5.64. The number of aromatic nitrogens is 2. The summed E-state index contributed by atoms with van der Waals surface area (Å²) in [5, 5.41) is 0. The predicted molar refractivity (Wildman–Crippen MR) is 122 cm³/mol. The number of hydrogen-bond acceptors (Lipinski definition) is 5. The number of hydrogen-bond donors (Lipinski definition) is 0. The minimum atomic E-state index is 0.813. The molecule has 0 saturated carbocycles. The fourth-order valence-electron chi connectivity index (χ4n) is 4.41. The molecule has 5 nitrogen and oxygen atoms in total. The first-order chi connectivity index (χ1) is 14.0. The standard InChI is InChI=1S/C24H36N4O/c1-7-13-29-14-9-11-27-12-10-21-20(6)25-24(26-23(21)27)28(8-2)22-18(4)15-17(3)16-19(22)5/h15-16H,7-14H2,1-6H3. The molecule has 0 amide bonds. The first-order valence-corrected chi connectivity index (χ1v) is 11.0. The number of ether oxygens (including phenoxy) is 1. The van der Waals surface area contributed by atoms with Crippen molar-refractivity contribution in [2.75, 3.05) is 42.6 Å². The molecule has 0 saturated heterocycles. The van der Waals surface area contributed by atoms with Crippen molar-refractivity contribution in [2.24, 2.45) is 0 Å². The Hall–Kier alpha value is -2.14. The zero-order valence-corrected chi connectivity index (χ0v) is 19.0. The van der Waals surface area contributed by atoms with E-state index in [0.717, 1.165) is 69.6 Å². The van der Waals surface area contributed by atoms with Gasteiger partial charge in [-0.15, -0.1) is 0 Å². The van der Waals surface area contributed by atoms with Gasteiger partial charge in [0.15, 0.2) is 0 Å². The number of benzene rings is 1. The SMILES string of the molecule is CCCOCCCN1CCc2c(C)nc(N(CC)c3c(C)cc(C)cc3C)nc21. The summed E-state index contributed by atoms with van der Waals surface area (Å²) in [7, 11) is 0. The Bertz CT molecular complexity index is 826. The Labute approximate surface area is 176 Å². The van der Waals surface area contributed by atoms with Crippen molar-refractivity contribution in [1.82, 2.24) is 9.97 Å². The lowest BCUT2D eigenvalue weighted by atomic mass is 10.0. The second kappa shape index (κ2) is 9.57. The van der Waals surface area contributed by atoms with Gasteiger partial charge in [-0.3, -0.25) is 0 Å². The summed E-state index contributed by atoms with van der Waals surface area (Å²) >= 11 is 0. The van der Waals surface area contributed by atoms with Crippen LogP contribution in [0.25, 0.3) is 0 Å². The molecule has 0 spiro atoms. The average Bonchev–Trinajstić information content (AvgIpc) is 3.08. The predicted octanol–water partition coefficient (Wildman–Crippen LogP) is 5.05. The molecule has 29 heavy (non-hydrogen) atoms. The molecule has 0 atom stereocenters. The molecule has 1 aromatic carbocycles. The molecule has 1 aromatic heterocycles. The van der Waals surface area contributed by atoms with Gasteiger partial charge in [0.05, 0.1) is 0 Å². The normalized spacial score (nSPS) is 13.1. The Balaban J connectivity index is 1.88. The van der Waals surface area contributed by atoms with Crippen molar-refractivity contribution in [3.8, 4) is 0 Å². The zero-order valence-electron chi connectivity index (χ0n) is 19.0. The number of aryl methyl sites for hydroxylation is 4. The zero-order chi connectivity index (χ0) is 21.0. The largest absolute Gasteiger partial charge is 0.381 e. The van der Waals surface area contributed by atoms with E-state index in [1.165, 1.54) is 27.9 Å². The molecule has 5 heteroatoms. The van der Waals surface area contributed by atoms with Gasteiger partial charge in [-0.25, -0.2) is 4.98 Å². The van der Waals surface area contributed by atoms with Crippen molar-refractivity contribution >= 4 is 17.5 Å². The maximum Gasteiger partial charge on any atom is 0.232 e. The third-order valence-corrected chi connectivity index (χ3v) is 5.64. The highest BCUT2D eigenvalue weighted by Gasteiger charge is 2.26.